The van der Waals surface area contributed by atoms with Gasteiger partial charge in [0.05, 0.1) is 12.7 Å². The molecule has 5 heteroatoms. The Kier molecular flexibility index (Phi) is 3.11. The van der Waals surface area contributed by atoms with Crippen molar-refractivity contribution in [1.82, 2.24) is 4.90 Å². The second kappa shape index (κ2) is 4.13. The van der Waals surface area contributed by atoms with Crippen molar-refractivity contribution in [2.75, 3.05) is 21.2 Å². The van der Waals surface area contributed by atoms with Crippen LogP contribution in [0.15, 0.2) is 11.8 Å². The number of hydrogen-bond donors (Lipinski definition) is 0. The van der Waals surface area contributed by atoms with Crippen LogP contribution in [0.25, 0.3) is 0 Å². The number of nitrogens with zero attached hydrogens (tertiary/aromatic N) is 1. The maximum Gasteiger partial charge on any atom is 0.347 e. The highest BCUT2D eigenvalue weighted by atomic mass is 16.6. The molecular weight excluding hydrogens is 186 g/mol. The zero-order valence-corrected chi connectivity index (χ0v) is 8.44. The lowest BCUT2D eigenvalue weighted by atomic mass is 10.2. The smallest absolute Gasteiger partial charge is 0.347 e. The van der Waals surface area contributed by atoms with Gasteiger partial charge in [0.25, 0.3) is 0 Å². The van der Waals surface area contributed by atoms with Gasteiger partial charge in [-0.05, 0) is 0 Å². The molecule has 14 heavy (non-hydrogen) atoms. The first-order valence-corrected chi connectivity index (χ1v) is 4.20. The molecule has 0 radical (unpaired) electrons. The molecule has 0 aromatic heterocycles. The van der Waals surface area contributed by atoms with E-state index in [0.717, 1.165) is 0 Å². The van der Waals surface area contributed by atoms with E-state index in [-0.39, 0.29) is 6.42 Å². The summed E-state index contributed by atoms with van der Waals surface area (Å²) in [7, 11) is 4.86. The molecule has 1 atom stereocenters. The number of rotatable bonds is 2. The van der Waals surface area contributed by atoms with Crippen molar-refractivity contribution in [3.8, 4) is 0 Å². The molecule has 0 N–H and O–H groups in total. The van der Waals surface area contributed by atoms with Crippen LogP contribution < -0.4 is 0 Å². The second-order valence-electron chi connectivity index (χ2n) is 3.24. The summed E-state index contributed by atoms with van der Waals surface area (Å²) in [6, 6.07) is 0. The number of ether oxygens (including phenoxy) is 2. The van der Waals surface area contributed by atoms with E-state index in [1.807, 2.05) is 0 Å². The average Bonchev–Trinajstić information content (AvgIpc) is 2.46. The summed E-state index contributed by atoms with van der Waals surface area (Å²) in [4.78, 5) is 24.0. The molecule has 1 saturated heterocycles. The molecule has 0 aliphatic carbocycles. The van der Waals surface area contributed by atoms with Gasteiger partial charge < -0.3 is 14.4 Å². The van der Waals surface area contributed by atoms with E-state index in [0.29, 0.717) is 5.57 Å². The van der Waals surface area contributed by atoms with Crippen LogP contribution in [0.4, 0.5) is 0 Å². The molecule has 1 fully saturated rings. The topological polar surface area (TPSA) is 55.8 Å². The van der Waals surface area contributed by atoms with Crippen molar-refractivity contribution in [1.29, 1.82) is 0 Å². The second-order valence-corrected chi connectivity index (χ2v) is 3.24. The molecule has 0 saturated carbocycles. The fraction of sp³-hybridized carbons (Fsp3) is 0.556. The van der Waals surface area contributed by atoms with Crippen LogP contribution in [0.5, 0.6) is 0 Å². The van der Waals surface area contributed by atoms with Crippen LogP contribution in [0, 0.1) is 0 Å². The minimum atomic E-state index is -0.779. The number of esters is 2. The van der Waals surface area contributed by atoms with Gasteiger partial charge in [-0.1, -0.05) is 0 Å². The summed E-state index contributed by atoms with van der Waals surface area (Å²) < 4.78 is 9.30. The third kappa shape index (κ3) is 2.25. The molecule has 0 bridgehead atoms. The Morgan fingerprint density at radius 3 is 2.79 bits per heavy atom. The Morgan fingerprint density at radius 1 is 1.64 bits per heavy atom. The van der Waals surface area contributed by atoms with Crippen LogP contribution >= 0.6 is 0 Å². The van der Waals surface area contributed by atoms with Crippen molar-refractivity contribution in [3.05, 3.63) is 11.8 Å². The summed E-state index contributed by atoms with van der Waals surface area (Å²) in [6.07, 6.45) is 1.15. The van der Waals surface area contributed by atoms with E-state index >= 15 is 0 Å². The maximum atomic E-state index is 11.2. The number of methoxy groups -OCH3 is 1. The predicted molar refractivity (Wildman–Crippen MR) is 48.3 cm³/mol. The van der Waals surface area contributed by atoms with Crippen LogP contribution in [-0.2, 0) is 19.1 Å². The molecule has 1 aliphatic heterocycles. The highest BCUT2D eigenvalue weighted by molar-refractivity contribution is 5.95. The fourth-order valence-corrected chi connectivity index (χ4v) is 1.21. The standard InChI is InChI=1S/C9H13NO4/c1-10(2)5-6-4-7(9(12)13-3)14-8(6)11/h5,7H,4H2,1-3H3/b6-5+. The quantitative estimate of drug-likeness (QED) is 0.460. The SMILES string of the molecule is COC(=O)C1C/C(=C\N(C)C)C(=O)O1. The molecule has 1 unspecified atom stereocenters. The van der Waals surface area contributed by atoms with Gasteiger partial charge in [-0.3, -0.25) is 0 Å². The molecular formula is C9H13NO4. The zero-order chi connectivity index (χ0) is 10.7. The first-order valence-electron chi connectivity index (χ1n) is 4.20. The van der Waals surface area contributed by atoms with Crippen molar-refractivity contribution >= 4 is 11.9 Å². The fourth-order valence-electron chi connectivity index (χ4n) is 1.21. The Labute approximate surface area is 82.3 Å². The molecule has 0 aromatic rings. The van der Waals surface area contributed by atoms with Gasteiger partial charge >= 0.3 is 11.9 Å². The van der Waals surface area contributed by atoms with E-state index in [1.54, 1.807) is 25.2 Å². The van der Waals surface area contributed by atoms with Crippen LogP contribution in [0.3, 0.4) is 0 Å². The monoisotopic (exact) mass is 199 g/mol. The molecule has 5 nitrogen and oxygen atoms in total. The number of hydrogen-bond acceptors (Lipinski definition) is 5. The molecule has 0 amide bonds. The Hall–Kier alpha value is -1.52. The normalized spacial score (nSPS) is 23.5. The van der Waals surface area contributed by atoms with Gasteiger partial charge in [0.2, 0.25) is 6.10 Å². The first-order chi connectivity index (χ1) is 6.54. The first kappa shape index (κ1) is 10.6. The molecule has 78 valence electrons. The number of cyclic esters (lactones) is 1. The Morgan fingerprint density at radius 2 is 2.29 bits per heavy atom. The Balaban J connectivity index is 2.69. The highest BCUT2D eigenvalue weighted by Gasteiger charge is 2.34. The van der Waals surface area contributed by atoms with Crippen molar-refractivity contribution in [3.63, 3.8) is 0 Å². The van der Waals surface area contributed by atoms with E-state index in [4.69, 9.17) is 4.74 Å². The summed E-state index contributed by atoms with van der Waals surface area (Å²) in [6.45, 7) is 0. The third-order valence-electron chi connectivity index (χ3n) is 1.79. The van der Waals surface area contributed by atoms with Gasteiger partial charge in [0.1, 0.15) is 0 Å². The van der Waals surface area contributed by atoms with Crippen molar-refractivity contribution in [2.45, 2.75) is 12.5 Å². The summed E-state index contributed by atoms with van der Waals surface area (Å²) in [5.74, 6) is -0.963. The lowest BCUT2D eigenvalue weighted by molar-refractivity contribution is -0.158. The summed E-state index contributed by atoms with van der Waals surface area (Å²) in [5.41, 5.74) is 0.491. The van der Waals surface area contributed by atoms with Gasteiger partial charge in [-0.2, -0.15) is 0 Å². The predicted octanol–water partition coefficient (Wildman–Crippen LogP) is -0.0796. The lowest BCUT2D eigenvalue weighted by Gasteiger charge is -2.04. The average molecular weight is 199 g/mol. The maximum absolute atomic E-state index is 11.2. The van der Waals surface area contributed by atoms with Gasteiger partial charge in [-0.15, -0.1) is 0 Å². The van der Waals surface area contributed by atoms with E-state index in [9.17, 15) is 9.59 Å². The van der Waals surface area contributed by atoms with Gasteiger partial charge in [-0.25, -0.2) is 9.59 Å². The van der Waals surface area contributed by atoms with Crippen molar-refractivity contribution < 1.29 is 19.1 Å². The third-order valence-corrected chi connectivity index (χ3v) is 1.79. The van der Waals surface area contributed by atoms with Crippen LogP contribution in [-0.4, -0.2) is 44.1 Å². The van der Waals surface area contributed by atoms with Gasteiger partial charge in [0, 0.05) is 26.7 Å². The molecule has 0 spiro atoms. The van der Waals surface area contributed by atoms with Crippen molar-refractivity contribution in [2.24, 2.45) is 0 Å². The lowest BCUT2D eigenvalue weighted by Crippen LogP contribution is -2.21. The summed E-state index contributed by atoms with van der Waals surface area (Å²) >= 11 is 0. The number of carbonyl (C=O) groups is 2. The highest BCUT2D eigenvalue weighted by Crippen LogP contribution is 2.21. The largest absolute Gasteiger partial charge is 0.466 e. The molecule has 1 rings (SSSR count). The number of carbonyl (C=O) groups excluding carboxylic acids is 2. The summed E-state index contributed by atoms with van der Waals surface area (Å²) in [5, 5.41) is 0. The minimum absolute atomic E-state index is 0.281. The molecule has 0 aromatic carbocycles. The van der Waals surface area contributed by atoms with Crippen LogP contribution in [0.1, 0.15) is 6.42 Å². The van der Waals surface area contributed by atoms with E-state index < -0.39 is 18.0 Å². The Bertz CT molecular complexity index is 283. The molecule has 1 aliphatic rings. The minimum Gasteiger partial charge on any atom is -0.466 e. The zero-order valence-electron chi connectivity index (χ0n) is 8.44. The van der Waals surface area contributed by atoms with Crippen LogP contribution in [0.2, 0.25) is 0 Å². The van der Waals surface area contributed by atoms with E-state index in [2.05, 4.69) is 4.74 Å². The van der Waals surface area contributed by atoms with Gasteiger partial charge in [0.15, 0.2) is 0 Å². The van der Waals surface area contributed by atoms with E-state index in [1.165, 1.54) is 7.11 Å². The molecule has 1 heterocycles.